The Morgan fingerprint density at radius 1 is 1.10 bits per heavy atom. The average molecular weight is 296 g/mol. The molecule has 1 heterocycles. The molecule has 5 heteroatoms. The first-order valence-corrected chi connectivity index (χ1v) is 6.87. The monoisotopic (exact) mass is 296 g/mol. The number of halogens is 3. The molecule has 0 saturated heterocycles. The van der Waals surface area contributed by atoms with Gasteiger partial charge in [0.15, 0.2) is 0 Å². The minimum absolute atomic E-state index is 0.0187. The third kappa shape index (κ3) is 3.94. The first-order chi connectivity index (χ1) is 9.68. The van der Waals surface area contributed by atoms with E-state index in [1.165, 1.54) is 24.4 Å². The Morgan fingerprint density at radius 2 is 1.81 bits per heavy atom. The van der Waals surface area contributed by atoms with Gasteiger partial charge in [-0.15, -0.1) is 0 Å². The van der Waals surface area contributed by atoms with Crippen molar-refractivity contribution < 1.29 is 13.2 Å². The number of nitrogens with one attached hydrogen (secondary N) is 1. The van der Waals surface area contributed by atoms with E-state index in [9.17, 15) is 13.2 Å². The van der Waals surface area contributed by atoms with Crippen LogP contribution in [0.15, 0.2) is 30.5 Å². The smallest absolute Gasteiger partial charge is 0.312 e. The summed E-state index contributed by atoms with van der Waals surface area (Å²) in [5, 5.41) is 3.49. The van der Waals surface area contributed by atoms with E-state index in [1.54, 1.807) is 0 Å². The molecule has 1 N–H and O–H groups in total. The molecule has 2 nitrogen and oxygen atoms in total. The molecular formula is C16H19F3N2. The highest BCUT2D eigenvalue weighted by molar-refractivity contribution is 5.85. The molecule has 21 heavy (non-hydrogen) atoms. The van der Waals surface area contributed by atoms with Crippen molar-refractivity contribution in [1.82, 2.24) is 10.3 Å². The molecule has 0 spiro atoms. The van der Waals surface area contributed by atoms with Crippen LogP contribution in [0.2, 0.25) is 0 Å². The molecular weight excluding hydrogens is 277 g/mol. The average Bonchev–Trinajstić information content (AvgIpc) is 2.36. The molecule has 1 aromatic carbocycles. The lowest BCUT2D eigenvalue weighted by atomic mass is 10.0. The molecule has 1 aromatic heterocycles. The Balaban J connectivity index is 2.35. The fraction of sp³-hybridized carbons (Fsp3) is 0.438. The van der Waals surface area contributed by atoms with Crippen LogP contribution >= 0.6 is 0 Å². The summed E-state index contributed by atoms with van der Waals surface area (Å²) >= 11 is 0. The van der Waals surface area contributed by atoms with Gasteiger partial charge in [-0.05, 0) is 51.4 Å². The van der Waals surface area contributed by atoms with Crippen LogP contribution in [-0.2, 0) is 12.6 Å². The SMILES string of the molecule is CC(C)(C)NCCc1ccc(C(F)(F)F)c2cccnc12. The number of benzene rings is 1. The summed E-state index contributed by atoms with van der Waals surface area (Å²) < 4.78 is 39.1. The Labute approximate surface area is 122 Å². The Bertz CT molecular complexity index is 627. The minimum Gasteiger partial charge on any atom is -0.312 e. The van der Waals surface area contributed by atoms with Gasteiger partial charge in [-0.25, -0.2) is 0 Å². The van der Waals surface area contributed by atoms with Gasteiger partial charge in [0.05, 0.1) is 11.1 Å². The second kappa shape index (κ2) is 5.64. The van der Waals surface area contributed by atoms with Crippen LogP contribution in [0.1, 0.15) is 31.9 Å². The van der Waals surface area contributed by atoms with Crippen LogP contribution in [-0.4, -0.2) is 17.1 Å². The van der Waals surface area contributed by atoms with Crippen LogP contribution in [0, 0.1) is 0 Å². The zero-order valence-corrected chi connectivity index (χ0v) is 12.4. The molecule has 0 amide bonds. The molecule has 0 aliphatic rings. The molecule has 0 aliphatic carbocycles. The third-order valence-corrected chi connectivity index (χ3v) is 3.21. The first-order valence-electron chi connectivity index (χ1n) is 6.87. The van der Waals surface area contributed by atoms with Crippen molar-refractivity contribution in [2.45, 2.75) is 38.9 Å². The van der Waals surface area contributed by atoms with Gasteiger partial charge in [0, 0.05) is 17.1 Å². The van der Waals surface area contributed by atoms with Crippen LogP contribution in [0.25, 0.3) is 10.9 Å². The van der Waals surface area contributed by atoms with E-state index in [0.29, 0.717) is 18.5 Å². The summed E-state index contributed by atoms with van der Waals surface area (Å²) in [6.07, 6.45) is -2.18. The molecule has 0 bridgehead atoms. The van der Waals surface area contributed by atoms with E-state index in [-0.39, 0.29) is 10.9 Å². The fourth-order valence-corrected chi connectivity index (χ4v) is 2.25. The van der Waals surface area contributed by atoms with Gasteiger partial charge in [0.25, 0.3) is 0 Å². The summed E-state index contributed by atoms with van der Waals surface area (Å²) in [4.78, 5) is 4.14. The Hall–Kier alpha value is -1.62. The molecule has 0 radical (unpaired) electrons. The van der Waals surface area contributed by atoms with E-state index in [2.05, 4.69) is 31.1 Å². The van der Waals surface area contributed by atoms with Crippen molar-refractivity contribution in [3.63, 3.8) is 0 Å². The van der Waals surface area contributed by atoms with Gasteiger partial charge in [-0.2, -0.15) is 13.2 Å². The fourth-order valence-electron chi connectivity index (χ4n) is 2.25. The molecule has 2 rings (SSSR count). The predicted molar refractivity (Wildman–Crippen MR) is 78.2 cm³/mol. The maximum Gasteiger partial charge on any atom is 0.417 e. The lowest BCUT2D eigenvalue weighted by Gasteiger charge is -2.21. The summed E-state index contributed by atoms with van der Waals surface area (Å²) in [5.41, 5.74) is 0.617. The molecule has 0 unspecified atom stereocenters. The van der Waals surface area contributed by atoms with Gasteiger partial charge in [0.2, 0.25) is 0 Å². The van der Waals surface area contributed by atoms with Gasteiger partial charge >= 0.3 is 6.18 Å². The lowest BCUT2D eigenvalue weighted by Crippen LogP contribution is -2.37. The number of fused-ring (bicyclic) bond motifs is 1. The van der Waals surface area contributed by atoms with Gasteiger partial charge in [-0.1, -0.05) is 12.1 Å². The highest BCUT2D eigenvalue weighted by atomic mass is 19.4. The predicted octanol–water partition coefficient (Wildman–Crippen LogP) is 4.18. The zero-order chi connectivity index (χ0) is 15.7. The zero-order valence-electron chi connectivity index (χ0n) is 12.4. The Morgan fingerprint density at radius 3 is 2.43 bits per heavy atom. The maximum absolute atomic E-state index is 13.0. The van der Waals surface area contributed by atoms with Crippen molar-refractivity contribution in [2.75, 3.05) is 6.54 Å². The van der Waals surface area contributed by atoms with Gasteiger partial charge in [0.1, 0.15) is 0 Å². The summed E-state index contributed by atoms with van der Waals surface area (Å²) in [7, 11) is 0. The van der Waals surface area contributed by atoms with Crippen molar-refractivity contribution in [2.24, 2.45) is 0 Å². The number of rotatable bonds is 3. The van der Waals surface area contributed by atoms with Crippen LogP contribution < -0.4 is 5.32 Å². The second-order valence-electron chi connectivity index (χ2n) is 6.10. The number of nitrogens with zero attached hydrogens (tertiary/aromatic N) is 1. The molecule has 0 aliphatic heterocycles. The quantitative estimate of drug-likeness (QED) is 0.919. The Kier molecular flexibility index (Phi) is 4.23. The van der Waals surface area contributed by atoms with E-state index in [1.807, 2.05) is 0 Å². The van der Waals surface area contributed by atoms with E-state index in [4.69, 9.17) is 0 Å². The second-order valence-corrected chi connectivity index (χ2v) is 6.10. The summed E-state index contributed by atoms with van der Waals surface area (Å²) in [6.45, 7) is 6.85. The topological polar surface area (TPSA) is 24.9 Å². The molecule has 0 fully saturated rings. The normalized spacial score (nSPS) is 12.9. The number of hydrogen-bond acceptors (Lipinski definition) is 2. The first kappa shape index (κ1) is 15.8. The van der Waals surface area contributed by atoms with Crippen molar-refractivity contribution in [1.29, 1.82) is 0 Å². The van der Waals surface area contributed by atoms with Gasteiger partial charge < -0.3 is 5.32 Å². The number of hydrogen-bond donors (Lipinski definition) is 1. The van der Waals surface area contributed by atoms with E-state index in [0.717, 1.165) is 11.6 Å². The van der Waals surface area contributed by atoms with Crippen LogP contribution in [0.5, 0.6) is 0 Å². The molecule has 114 valence electrons. The highest BCUT2D eigenvalue weighted by Crippen LogP contribution is 2.35. The highest BCUT2D eigenvalue weighted by Gasteiger charge is 2.32. The molecule has 2 aromatic rings. The van der Waals surface area contributed by atoms with Crippen LogP contribution in [0.4, 0.5) is 13.2 Å². The minimum atomic E-state index is -4.36. The molecule has 0 saturated carbocycles. The number of aromatic nitrogens is 1. The van der Waals surface area contributed by atoms with Crippen molar-refractivity contribution in [3.05, 3.63) is 41.6 Å². The summed E-state index contributed by atoms with van der Waals surface area (Å²) in [6, 6.07) is 5.69. The van der Waals surface area contributed by atoms with Gasteiger partial charge in [-0.3, -0.25) is 4.98 Å². The maximum atomic E-state index is 13.0. The number of pyridine rings is 1. The summed E-state index contributed by atoms with van der Waals surface area (Å²) in [5.74, 6) is 0. The van der Waals surface area contributed by atoms with Crippen molar-refractivity contribution >= 4 is 10.9 Å². The molecule has 0 atom stereocenters. The third-order valence-electron chi connectivity index (χ3n) is 3.21. The van der Waals surface area contributed by atoms with Crippen LogP contribution in [0.3, 0.4) is 0 Å². The van der Waals surface area contributed by atoms with E-state index >= 15 is 0 Å². The standard InChI is InChI=1S/C16H19F3N2/c1-15(2,3)21-10-8-11-6-7-13(16(17,18)19)12-5-4-9-20-14(11)12/h4-7,9,21H,8,10H2,1-3H3. The largest absolute Gasteiger partial charge is 0.417 e. The lowest BCUT2D eigenvalue weighted by molar-refractivity contribution is -0.136. The number of alkyl halides is 3. The van der Waals surface area contributed by atoms with E-state index < -0.39 is 11.7 Å². The van der Waals surface area contributed by atoms with Crippen molar-refractivity contribution in [3.8, 4) is 0 Å².